The van der Waals surface area contributed by atoms with Crippen LogP contribution < -0.4 is 4.74 Å². The monoisotopic (exact) mass is 469 g/mol. The molecule has 0 unspecified atom stereocenters. The molecule has 2 aromatic carbocycles. The van der Waals surface area contributed by atoms with Crippen molar-refractivity contribution in [3.8, 4) is 5.75 Å². The fourth-order valence-corrected chi connectivity index (χ4v) is 3.85. The highest BCUT2D eigenvalue weighted by Gasteiger charge is 2.26. The molecule has 0 saturated heterocycles. The van der Waals surface area contributed by atoms with E-state index in [0.717, 1.165) is 8.95 Å². The molecule has 0 fully saturated rings. The molecule has 1 heterocycles. The number of nitrogens with zero attached hydrogens (tertiary/aromatic N) is 1. The first-order valence-corrected chi connectivity index (χ1v) is 8.76. The maximum Gasteiger partial charge on any atom is 0.363 e. The Morgan fingerprint density at radius 2 is 2.00 bits per heavy atom. The molecule has 0 spiro atoms. The predicted octanol–water partition coefficient (Wildman–Crippen LogP) is 5.22. The minimum absolute atomic E-state index is 0.174. The molecule has 4 nitrogen and oxygen atoms in total. The van der Waals surface area contributed by atoms with Gasteiger partial charge in [0.15, 0.2) is 5.70 Å². The summed E-state index contributed by atoms with van der Waals surface area (Å²) in [6, 6.07) is 10.7. The van der Waals surface area contributed by atoms with Crippen molar-refractivity contribution in [2.75, 3.05) is 7.11 Å². The van der Waals surface area contributed by atoms with Crippen molar-refractivity contribution >= 4 is 61.4 Å². The normalized spacial score (nSPS) is 15.4. The first-order chi connectivity index (χ1) is 11.5. The Balaban J connectivity index is 2.06. The number of hydrogen-bond acceptors (Lipinski definition) is 4. The average Bonchev–Trinajstić information content (AvgIpc) is 2.88. The number of benzene rings is 2. The number of rotatable bonds is 3. The van der Waals surface area contributed by atoms with Crippen LogP contribution in [0.2, 0.25) is 5.02 Å². The second-order valence-electron chi connectivity index (χ2n) is 4.83. The van der Waals surface area contributed by atoms with Crippen LogP contribution in [0.3, 0.4) is 0 Å². The van der Waals surface area contributed by atoms with E-state index in [2.05, 4.69) is 36.9 Å². The molecule has 2 aromatic rings. The largest absolute Gasteiger partial charge is 0.495 e. The van der Waals surface area contributed by atoms with Crippen LogP contribution in [-0.2, 0) is 9.53 Å². The molecular weight excluding hydrogens is 461 g/mol. The number of hydrogen-bond donors (Lipinski definition) is 0. The van der Waals surface area contributed by atoms with Gasteiger partial charge < -0.3 is 9.47 Å². The number of methoxy groups -OCH3 is 1. The standard InChI is InChI=1S/C17H10Br2ClNO3/c1-23-15-9(6-10(18)8-12(15)19)7-14-17(22)24-16(21-14)11-4-2-3-5-13(11)20/h2-8H,1H3. The van der Waals surface area contributed by atoms with E-state index in [1.54, 1.807) is 37.5 Å². The van der Waals surface area contributed by atoms with Crippen LogP contribution in [0.5, 0.6) is 5.75 Å². The van der Waals surface area contributed by atoms with Crippen LogP contribution in [0.15, 0.2) is 56.0 Å². The summed E-state index contributed by atoms with van der Waals surface area (Å²) in [5.74, 6) is 0.243. The summed E-state index contributed by atoms with van der Waals surface area (Å²) in [5.41, 5.74) is 1.43. The molecule has 0 aliphatic carbocycles. The lowest BCUT2D eigenvalue weighted by Gasteiger charge is -2.08. The lowest BCUT2D eigenvalue weighted by Crippen LogP contribution is -2.05. The van der Waals surface area contributed by atoms with Crippen molar-refractivity contribution in [2.45, 2.75) is 0 Å². The quantitative estimate of drug-likeness (QED) is 0.456. The van der Waals surface area contributed by atoms with Gasteiger partial charge in [-0.3, -0.25) is 0 Å². The van der Waals surface area contributed by atoms with Gasteiger partial charge in [-0.15, -0.1) is 0 Å². The molecule has 0 aromatic heterocycles. The van der Waals surface area contributed by atoms with Gasteiger partial charge in [-0.1, -0.05) is 39.7 Å². The van der Waals surface area contributed by atoms with E-state index in [0.29, 0.717) is 21.9 Å². The highest BCUT2D eigenvalue weighted by molar-refractivity contribution is 9.11. The first kappa shape index (κ1) is 17.2. The Morgan fingerprint density at radius 3 is 2.71 bits per heavy atom. The summed E-state index contributed by atoms with van der Waals surface area (Å²) in [5, 5.41) is 0.466. The Labute approximate surface area is 160 Å². The number of carbonyl (C=O) groups is 1. The Kier molecular flexibility index (Phi) is 5.08. The zero-order valence-electron chi connectivity index (χ0n) is 12.3. The molecule has 0 N–H and O–H groups in total. The molecule has 1 aliphatic rings. The molecule has 0 bridgehead atoms. The van der Waals surface area contributed by atoms with Crippen LogP contribution in [-0.4, -0.2) is 19.0 Å². The summed E-state index contributed by atoms with van der Waals surface area (Å²) in [6.45, 7) is 0. The maximum atomic E-state index is 12.1. The van der Waals surface area contributed by atoms with Gasteiger partial charge in [-0.05, 0) is 46.3 Å². The van der Waals surface area contributed by atoms with Gasteiger partial charge in [0.25, 0.3) is 0 Å². The predicted molar refractivity (Wildman–Crippen MR) is 100 cm³/mol. The number of ether oxygens (including phenoxy) is 2. The molecule has 0 saturated carbocycles. The van der Waals surface area contributed by atoms with E-state index in [4.69, 9.17) is 21.1 Å². The topological polar surface area (TPSA) is 47.9 Å². The van der Waals surface area contributed by atoms with Gasteiger partial charge >= 0.3 is 5.97 Å². The van der Waals surface area contributed by atoms with E-state index in [1.165, 1.54) is 0 Å². The summed E-state index contributed by atoms with van der Waals surface area (Å²) in [7, 11) is 1.56. The molecule has 3 rings (SSSR count). The minimum atomic E-state index is -0.539. The third-order valence-corrected chi connectivity index (χ3v) is 4.63. The molecule has 24 heavy (non-hydrogen) atoms. The highest BCUT2D eigenvalue weighted by atomic mass is 79.9. The second-order valence-corrected chi connectivity index (χ2v) is 7.00. The summed E-state index contributed by atoms with van der Waals surface area (Å²) < 4.78 is 12.2. The number of halogens is 3. The van der Waals surface area contributed by atoms with Gasteiger partial charge in [0, 0.05) is 10.0 Å². The van der Waals surface area contributed by atoms with Crippen molar-refractivity contribution in [2.24, 2.45) is 4.99 Å². The van der Waals surface area contributed by atoms with Crippen LogP contribution in [0.25, 0.3) is 6.08 Å². The average molecular weight is 472 g/mol. The number of aliphatic imine (C=N–C) groups is 1. The van der Waals surface area contributed by atoms with Crippen LogP contribution >= 0.6 is 43.5 Å². The minimum Gasteiger partial charge on any atom is -0.495 e. The number of cyclic esters (lactones) is 1. The molecule has 0 radical (unpaired) electrons. The van der Waals surface area contributed by atoms with E-state index >= 15 is 0 Å². The fourth-order valence-electron chi connectivity index (χ4n) is 2.21. The van der Waals surface area contributed by atoms with Gasteiger partial charge in [0.2, 0.25) is 5.90 Å². The Bertz CT molecular complexity index is 893. The van der Waals surface area contributed by atoms with Crippen molar-refractivity contribution in [1.29, 1.82) is 0 Å². The van der Waals surface area contributed by atoms with Gasteiger partial charge in [-0.25, -0.2) is 9.79 Å². The summed E-state index contributed by atoms with van der Waals surface area (Å²) >= 11 is 13.0. The lowest BCUT2D eigenvalue weighted by atomic mass is 10.1. The SMILES string of the molecule is COc1c(Br)cc(Br)cc1C=C1N=C(c2ccccc2Cl)OC1=O. The maximum absolute atomic E-state index is 12.1. The Morgan fingerprint density at radius 1 is 1.25 bits per heavy atom. The van der Waals surface area contributed by atoms with Crippen LogP contribution in [0.1, 0.15) is 11.1 Å². The van der Waals surface area contributed by atoms with E-state index < -0.39 is 5.97 Å². The molecule has 7 heteroatoms. The molecule has 1 aliphatic heterocycles. The van der Waals surface area contributed by atoms with Crippen molar-refractivity contribution in [1.82, 2.24) is 0 Å². The highest BCUT2D eigenvalue weighted by Crippen LogP contribution is 2.35. The summed E-state index contributed by atoms with van der Waals surface area (Å²) in [4.78, 5) is 16.4. The first-order valence-electron chi connectivity index (χ1n) is 6.80. The summed E-state index contributed by atoms with van der Waals surface area (Å²) in [6.07, 6.45) is 1.61. The number of carbonyl (C=O) groups excluding carboxylic acids is 1. The third-order valence-electron chi connectivity index (χ3n) is 3.26. The zero-order valence-corrected chi connectivity index (χ0v) is 16.3. The number of esters is 1. The van der Waals surface area contributed by atoms with Crippen molar-refractivity contribution in [3.63, 3.8) is 0 Å². The smallest absolute Gasteiger partial charge is 0.363 e. The molecular formula is C17H10Br2ClNO3. The lowest BCUT2D eigenvalue weighted by molar-refractivity contribution is -0.129. The van der Waals surface area contributed by atoms with Gasteiger partial charge in [-0.2, -0.15) is 0 Å². The zero-order chi connectivity index (χ0) is 17.3. The van der Waals surface area contributed by atoms with Crippen LogP contribution in [0.4, 0.5) is 0 Å². The third kappa shape index (κ3) is 3.41. The van der Waals surface area contributed by atoms with Crippen molar-refractivity contribution in [3.05, 3.63) is 67.2 Å². The van der Waals surface area contributed by atoms with E-state index in [-0.39, 0.29) is 11.6 Å². The van der Waals surface area contributed by atoms with Crippen molar-refractivity contribution < 1.29 is 14.3 Å². The fraction of sp³-hybridized carbons (Fsp3) is 0.0588. The van der Waals surface area contributed by atoms with E-state index in [1.807, 2.05) is 12.1 Å². The van der Waals surface area contributed by atoms with Crippen LogP contribution in [0, 0.1) is 0 Å². The second kappa shape index (κ2) is 7.09. The Hall–Kier alpha value is -1.63. The molecule has 0 atom stereocenters. The molecule has 0 amide bonds. The van der Waals surface area contributed by atoms with E-state index in [9.17, 15) is 4.79 Å². The molecule has 122 valence electrons. The van der Waals surface area contributed by atoms with Gasteiger partial charge in [0.05, 0.1) is 22.2 Å². The van der Waals surface area contributed by atoms with Gasteiger partial charge in [0.1, 0.15) is 5.75 Å².